The van der Waals surface area contributed by atoms with Crippen LogP contribution in [-0.4, -0.2) is 30.3 Å². The van der Waals surface area contributed by atoms with Crippen molar-refractivity contribution in [2.75, 3.05) is 7.11 Å². The van der Waals surface area contributed by atoms with E-state index in [4.69, 9.17) is 26.2 Å². The predicted octanol–water partition coefficient (Wildman–Crippen LogP) is 4.39. The number of carbonyl (C=O) groups excluding carboxylic acids is 1. The molecular weight excluding hydrogens is 420 g/mol. The maximum absolute atomic E-state index is 12.1. The van der Waals surface area contributed by atoms with Crippen molar-refractivity contribution in [1.29, 1.82) is 0 Å². The third kappa shape index (κ3) is 5.83. The minimum atomic E-state index is -0.996. The highest BCUT2D eigenvalue weighted by atomic mass is 35.5. The van der Waals surface area contributed by atoms with Crippen LogP contribution in [0.25, 0.3) is 0 Å². The molecule has 158 valence electrons. The quantitative estimate of drug-likeness (QED) is 0.401. The number of nitrogens with one attached hydrogen (secondary N) is 1. The predicted molar refractivity (Wildman–Crippen MR) is 117 cm³/mol. The number of aromatic carboxylic acids is 1. The van der Waals surface area contributed by atoms with E-state index in [0.29, 0.717) is 27.6 Å². The number of carbonyl (C=O) groups is 2. The van der Waals surface area contributed by atoms with Crippen molar-refractivity contribution in [3.05, 3.63) is 94.0 Å². The second-order valence-electron chi connectivity index (χ2n) is 6.38. The van der Waals surface area contributed by atoms with Crippen molar-refractivity contribution in [2.45, 2.75) is 6.61 Å². The molecule has 8 heteroatoms. The van der Waals surface area contributed by atoms with Crippen molar-refractivity contribution >= 4 is 29.7 Å². The lowest BCUT2D eigenvalue weighted by Crippen LogP contribution is -2.17. The van der Waals surface area contributed by atoms with Gasteiger partial charge in [-0.3, -0.25) is 4.79 Å². The molecule has 0 spiro atoms. The van der Waals surface area contributed by atoms with E-state index in [1.807, 2.05) is 0 Å². The van der Waals surface area contributed by atoms with Gasteiger partial charge < -0.3 is 14.6 Å². The number of carboxylic acids is 1. The molecule has 0 heterocycles. The molecule has 7 nitrogen and oxygen atoms in total. The number of carboxylic acid groups (broad SMARTS) is 1. The van der Waals surface area contributed by atoms with E-state index in [-0.39, 0.29) is 12.2 Å². The zero-order chi connectivity index (χ0) is 22.2. The van der Waals surface area contributed by atoms with Crippen LogP contribution in [0.15, 0.2) is 71.8 Å². The molecular formula is C23H19ClN2O5. The molecule has 0 saturated carbocycles. The number of benzene rings is 3. The molecule has 0 aromatic heterocycles. The molecule has 3 aromatic carbocycles. The Morgan fingerprint density at radius 3 is 2.61 bits per heavy atom. The first-order valence-corrected chi connectivity index (χ1v) is 9.56. The lowest BCUT2D eigenvalue weighted by Gasteiger charge is -2.11. The molecule has 1 amide bonds. The molecule has 0 radical (unpaired) electrons. The topological polar surface area (TPSA) is 97.2 Å². The molecule has 0 aliphatic heterocycles. The number of hydrazone groups is 1. The van der Waals surface area contributed by atoms with Crippen molar-refractivity contribution in [1.82, 2.24) is 5.43 Å². The molecule has 0 aliphatic carbocycles. The molecule has 0 aliphatic rings. The van der Waals surface area contributed by atoms with Crippen molar-refractivity contribution in [2.24, 2.45) is 5.10 Å². The molecule has 0 unspecified atom stereocenters. The summed E-state index contributed by atoms with van der Waals surface area (Å²) in [7, 11) is 1.51. The van der Waals surface area contributed by atoms with Crippen LogP contribution >= 0.6 is 11.6 Å². The summed E-state index contributed by atoms with van der Waals surface area (Å²) in [6.45, 7) is 0.179. The molecule has 0 atom stereocenters. The lowest BCUT2D eigenvalue weighted by atomic mass is 10.1. The number of hydrogen-bond donors (Lipinski definition) is 2. The van der Waals surface area contributed by atoms with Gasteiger partial charge in [-0.1, -0.05) is 35.9 Å². The highest BCUT2D eigenvalue weighted by Crippen LogP contribution is 2.28. The van der Waals surface area contributed by atoms with Gasteiger partial charge in [-0.05, 0) is 53.6 Å². The maximum Gasteiger partial charge on any atom is 0.335 e. The molecule has 0 saturated heterocycles. The number of halogens is 1. The Labute approximate surface area is 183 Å². The van der Waals surface area contributed by atoms with E-state index < -0.39 is 11.9 Å². The summed E-state index contributed by atoms with van der Waals surface area (Å²) in [5.74, 6) is -0.460. The van der Waals surface area contributed by atoms with E-state index in [0.717, 1.165) is 5.56 Å². The van der Waals surface area contributed by atoms with Crippen LogP contribution in [0.3, 0.4) is 0 Å². The van der Waals surface area contributed by atoms with Crippen LogP contribution in [0.4, 0.5) is 0 Å². The van der Waals surface area contributed by atoms with Gasteiger partial charge in [0.05, 0.1) is 29.5 Å². The highest BCUT2D eigenvalue weighted by molar-refractivity contribution is 6.33. The minimum Gasteiger partial charge on any atom is -0.493 e. The summed E-state index contributed by atoms with van der Waals surface area (Å²) in [5, 5.41) is 13.4. The fourth-order valence-corrected chi connectivity index (χ4v) is 2.93. The van der Waals surface area contributed by atoms with Crippen LogP contribution in [0, 0.1) is 0 Å². The van der Waals surface area contributed by atoms with Crippen LogP contribution in [-0.2, 0) is 6.61 Å². The first-order valence-electron chi connectivity index (χ1n) is 9.19. The van der Waals surface area contributed by atoms with Crippen LogP contribution < -0.4 is 14.9 Å². The fraction of sp³-hybridized carbons (Fsp3) is 0.0870. The Bertz CT molecular complexity index is 1130. The van der Waals surface area contributed by atoms with Crippen LogP contribution in [0.5, 0.6) is 11.5 Å². The first kappa shape index (κ1) is 21.9. The van der Waals surface area contributed by atoms with Crippen LogP contribution in [0.1, 0.15) is 31.8 Å². The Morgan fingerprint density at radius 1 is 1.06 bits per heavy atom. The van der Waals surface area contributed by atoms with Gasteiger partial charge >= 0.3 is 5.97 Å². The summed E-state index contributed by atoms with van der Waals surface area (Å²) < 4.78 is 11.1. The second-order valence-corrected chi connectivity index (χ2v) is 6.79. The summed E-state index contributed by atoms with van der Waals surface area (Å²) in [6.07, 6.45) is 1.47. The SMILES string of the molecule is COc1cc(/C=N\NC(=O)c2ccccc2Cl)ccc1OCc1cccc(C(=O)O)c1. The standard InChI is InChI=1S/C23H19ClN2O5/c1-30-21-12-15(13-25-26-22(27)18-7-2-3-8-19(18)24)9-10-20(21)31-14-16-5-4-6-17(11-16)23(28)29/h2-13H,14H2,1H3,(H,26,27)(H,28,29)/b25-13-. The van der Waals surface area contributed by atoms with E-state index in [9.17, 15) is 9.59 Å². The first-order chi connectivity index (χ1) is 15.0. The monoisotopic (exact) mass is 438 g/mol. The van der Waals surface area contributed by atoms with Gasteiger partial charge in [0.1, 0.15) is 6.61 Å². The Balaban J connectivity index is 1.65. The zero-order valence-corrected chi connectivity index (χ0v) is 17.3. The maximum atomic E-state index is 12.1. The van der Waals surface area contributed by atoms with E-state index in [1.54, 1.807) is 60.7 Å². The Hall–Kier alpha value is -3.84. The number of nitrogens with zero attached hydrogens (tertiary/aromatic N) is 1. The molecule has 0 fully saturated rings. The molecule has 2 N–H and O–H groups in total. The van der Waals surface area contributed by atoms with Gasteiger partial charge in [0, 0.05) is 0 Å². The number of amides is 1. The van der Waals surface area contributed by atoms with E-state index in [1.165, 1.54) is 19.4 Å². The van der Waals surface area contributed by atoms with Crippen molar-refractivity contribution in [3.63, 3.8) is 0 Å². The number of hydrogen-bond acceptors (Lipinski definition) is 5. The zero-order valence-electron chi connectivity index (χ0n) is 16.5. The Morgan fingerprint density at radius 2 is 1.87 bits per heavy atom. The molecule has 31 heavy (non-hydrogen) atoms. The third-order valence-electron chi connectivity index (χ3n) is 4.25. The summed E-state index contributed by atoms with van der Waals surface area (Å²) >= 11 is 6.00. The van der Waals surface area contributed by atoms with E-state index in [2.05, 4.69) is 10.5 Å². The van der Waals surface area contributed by atoms with Crippen molar-refractivity contribution in [3.8, 4) is 11.5 Å². The summed E-state index contributed by atoms with van der Waals surface area (Å²) in [6, 6.07) is 18.4. The van der Waals surface area contributed by atoms with Crippen LogP contribution in [0.2, 0.25) is 5.02 Å². The van der Waals surface area contributed by atoms with Gasteiger partial charge in [0.15, 0.2) is 11.5 Å². The van der Waals surface area contributed by atoms with Gasteiger partial charge in [0.2, 0.25) is 0 Å². The normalized spacial score (nSPS) is 10.6. The third-order valence-corrected chi connectivity index (χ3v) is 4.58. The van der Waals surface area contributed by atoms with Gasteiger partial charge in [-0.25, -0.2) is 10.2 Å². The van der Waals surface area contributed by atoms with E-state index >= 15 is 0 Å². The summed E-state index contributed by atoms with van der Waals surface area (Å²) in [5.41, 5.74) is 4.34. The molecule has 3 aromatic rings. The average Bonchev–Trinajstić information content (AvgIpc) is 2.78. The Kier molecular flexibility index (Phi) is 7.24. The fourth-order valence-electron chi connectivity index (χ4n) is 2.71. The number of methoxy groups -OCH3 is 1. The number of rotatable bonds is 8. The lowest BCUT2D eigenvalue weighted by molar-refractivity contribution is 0.0696. The van der Waals surface area contributed by atoms with Gasteiger partial charge in [-0.15, -0.1) is 0 Å². The minimum absolute atomic E-state index is 0.179. The summed E-state index contributed by atoms with van der Waals surface area (Å²) in [4.78, 5) is 23.2. The molecule has 3 rings (SSSR count). The van der Waals surface area contributed by atoms with Crippen molar-refractivity contribution < 1.29 is 24.2 Å². The smallest absolute Gasteiger partial charge is 0.335 e. The van der Waals surface area contributed by atoms with Gasteiger partial charge in [0.25, 0.3) is 5.91 Å². The average molecular weight is 439 g/mol. The second kappa shape index (κ2) is 10.3. The molecule has 0 bridgehead atoms. The van der Waals surface area contributed by atoms with Gasteiger partial charge in [-0.2, -0.15) is 5.10 Å². The highest BCUT2D eigenvalue weighted by Gasteiger charge is 2.09. The number of ether oxygens (including phenoxy) is 2. The largest absolute Gasteiger partial charge is 0.493 e.